The molecule has 0 bridgehead atoms. The number of nitro benzene ring substituents is 1. The molecule has 3 rings (SSSR count). The quantitative estimate of drug-likeness (QED) is 0.624. The molecule has 1 aliphatic rings. The number of benzene rings is 2. The number of nitrogens with zero attached hydrogens (tertiary/aromatic N) is 2. The first-order valence-electron chi connectivity index (χ1n) is 7.94. The van der Waals surface area contributed by atoms with Gasteiger partial charge in [-0.15, -0.1) is 0 Å². The predicted octanol–water partition coefficient (Wildman–Crippen LogP) is 3.43. The Morgan fingerprint density at radius 1 is 1.25 bits per heavy atom. The molecule has 0 heterocycles. The summed E-state index contributed by atoms with van der Waals surface area (Å²) >= 11 is 0. The first-order valence-corrected chi connectivity index (χ1v) is 7.94. The van der Waals surface area contributed by atoms with E-state index in [-0.39, 0.29) is 11.5 Å². The first kappa shape index (κ1) is 16.5. The fourth-order valence-corrected chi connectivity index (χ4v) is 2.80. The average Bonchev–Trinajstić information content (AvgIpc) is 3.40. The molecule has 24 heavy (non-hydrogen) atoms. The van der Waals surface area contributed by atoms with Crippen LogP contribution in [0.2, 0.25) is 0 Å². The van der Waals surface area contributed by atoms with Gasteiger partial charge in [0.1, 0.15) is 5.82 Å². The molecule has 0 radical (unpaired) electrons. The maximum atomic E-state index is 13.0. The predicted molar refractivity (Wildman–Crippen MR) is 87.9 cm³/mol. The van der Waals surface area contributed by atoms with Crippen LogP contribution in [0.4, 0.5) is 10.1 Å². The Kier molecular flexibility index (Phi) is 4.87. The average molecular weight is 330 g/mol. The van der Waals surface area contributed by atoms with Crippen LogP contribution in [0.1, 0.15) is 30.1 Å². The second-order valence-electron chi connectivity index (χ2n) is 6.15. The molecule has 1 aliphatic carbocycles. The van der Waals surface area contributed by atoms with Gasteiger partial charge < -0.3 is 5.11 Å². The highest BCUT2D eigenvalue weighted by Crippen LogP contribution is 2.30. The second kappa shape index (κ2) is 7.07. The number of aliphatic hydroxyl groups excluding tert-OH is 1. The highest BCUT2D eigenvalue weighted by atomic mass is 19.1. The Morgan fingerprint density at radius 3 is 2.58 bits per heavy atom. The second-order valence-corrected chi connectivity index (χ2v) is 6.15. The summed E-state index contributed by atoms with van der Waals surface area (Å²) in [5.41, 5.74) is 1.59. The van der Waals surface area contributed by atoms with Crippen molar-refractivity contribution in [3.05, 3.63) is 75.6 Å². The summed E-state index contributed by atoms with van der Waals surface area (Å²) in [5, 5.41) is 21.3. The maximum absolute atomic E-state index is 13.0. The van der Waals surface area contributed by atoms with Crippen LogP contribution in [0.5, 0.6) is 0 Å². The summed E-state index contributed by atoms with van der Waals surface area (Å²) in [5.74, 6) is -0.332. The van der Waals surface area contributed by atoms with E-state index in [1.54, 1.807) is 24.3 Å². The van der Waals surface area contributed by atoms with Crippen LogP contribution >= 0.6 is 0 Å². The molecule has 0 aromatic heterocycles. The van der Waals surface area contributed by atoms with Gasteiger partial charge in [-0.25, -0.2) is 4.39 Å². The van der Waals surface area contributed by atoms with Crippen LogP contribution in [-0.2, 0) is 6.54 Å². The third kappa shape index (κ3) is 4.15. The Morgan fingerprint density at radius 2 is 1.96 bits per heavy atom. The number of halogens is 1. The molecule has 1 atom stereocenters. The van der Waals surface area contributed by atoms with E-state index in [0.717, 1.165) is 18.4 Å². The summed E-state index contributed by atoms with van der Waals surface area (Å²) < 4.78 is 13.0. The molecule has 0 amide bonds. The zero-order valence-electron chi connectivity index (χ0n) is 13.1. The van der Waals surface area contributed by atoms with Gasteiger partial charge in [0.05, 0.1) is 11.0 Å². The normalized spacial score (nSPS) is 15.5. The summed E-state index contributed by atoms with van der Waals surface area (Å²) in [6.45, 7) is 0.962. The molecule has 1 fully saturated rings. The van der Waals surface area contributed by atoms with Crippen molar-refractivity contribution >= 4 is 5.69 Å². The van der Waals surface area contributed by atoms with Crippen molar-refractivity contribution in [3.63, 3.8) is 0 Å². The zero-order valence-corrected chi connectivity index (χ0v) is 13.1. The van der Waals surface area contributed by atoms with Crippen molar-refractivity contribution in [2.45, 2.75) is 31.5 Å². The molecule has 1 unspecified atom stereocenters. The van der Waals surface area contributed by atoms with Gasteiger partial charge in [-0.3, -0.25) is 15.0 Å². The largest absolute Gasteiger partial charge is 0.387 e. The lowest BCUT2D eigenvalue weighted by molar-refractivity contribution is -0.384. The molecule has 5 nitrogen and oxygen atoms in total. The molecule has 0 spiro atoms. The fraction of sp³-hybridized carbons (Fsp3) is 0.333. The minimum atomic E-state index is -0.718. The Labute approximate surface area is 139 Å². The van der Waals surface area contributed by atoms with Crippen molar-refractivity contribution < 1.29 is 14.4 Å². The van der Waals surface area contributed by atoms with Crippen LogP contribution in [0.25, 0.3) is 0 Å². The minimum Gasteiger partial charge on any atom is -0.387 e. The van der Waals surface area contributed by atoms with Crippen LogP contribution in [0, 0.1) is 15.9 Å². The summed E-state index contributed by atoms with van der Waals surface area (Å²) in [7, 11) is 0. The lowest BCUT2D eigenvalue weighted by Gasteiger charge is -2.25. The van der Waals surface area contributed by atoms with Crippen molar-refractivity contribution in [2.75, 3.05) is 6.54 Å². The molecule has 1 saturated carbocycles. The molecule has 0 aliphatic heterocycles. The van der Waals surface area contributed by atoms with E-state index in [9.17, 15) is 19.6 Å². The number of aliphatic hydroxyl groups is 1. The van der Waals surface area contributed by atoms with Gasteiger partial charge in [0.25, 0.3) is 5.69 Å². The van der Waals surface area contributed by atoms with E-state index in [4.69, 9.17) is 0 Å². The van der Waals surface area contributed by atoms with Gasteiger partial charge >= 0.3 is 0 Å². The summed E-state index contributed by atoms with van der Waals surface area (Å²) in [6, 6.07) is 12.8. The molecule has 126 valence electrons. The van der Waals surface area contributed by atoms with Crippen LogP contribution in [0.15, 0.2) is 48.5 Å². The Hall–Kier alpha value is -2.31. The standard InChI is InChI=1S/C18H19FN2O3/c19-15-6-4-14(5-7-15)18(22)12-20(16-8-9-16)11-13-2-1-3-17(10-13)21(23)24/h1-7,10,16,18,22H,8-9,11-12H2. The van der Waals surface area contributed by atoms with E-state index < -0.39 is 11.0 Å². The molecule has 0 saturated heterocycles. The molecule has 1 N–H and O–H groups in total. The third-order valence-electron chi connectivity index (χ3n) is 4.23. The number of nitro groups is 1. The van der Waals surface area contributed by atoms with Gasteiger partial charge in [-0.1, -0.05) is 24.3 Å². The van der Waals surface area contributed by atoms with Crippen LogP contribution in [0.3, 0.4) is 0 Å². The van der Waals surface area contributed by atoms with Gasteiger partial charge in [0.15, 0.2) is 0 Å². The first-order chi connectivity index (χ1) is 11.5. The van der Waals surface area contributed by atoms with Crippen LogP contribution < -0.4 is 0 Å². The maximum Gasteiger partial charge on any atom is 0.269 e. The Balaban J connectivity index is 1.70. The molecular formula is C18H19FN2O3. The number of hydrogen-bond donors (Lipinski definition) is 1. The summed E-state index contributed by atoms with van der Waals surface area (Å²) in [4.78, 5) is 12.6. The zero-order chi connectivity index (χ0) is 17.1. The topological polar surface area (TPSA) is 66.6 Å². The van der Waals surface area contributed by atoms with Gasteiger partial charge in [0, 0.05) is 31.3 Å². The van der Waals surface area contributed by atoms with Gasteiger partial charge in [-0.2, -0.15) is 0 Å². The minimum absolute atomic E-state index is 0.0716. The number of hydrogen-bond acceptors (Lipinski definition) is 4. The van der Waals surface area contributed by atoms with Crippen molar-refractivity contribution in [1.29, 1.82) is 0 Å². The highest BCUT2D eigenvalue weighted by Gasteiger charge is 2.30. The van der Waals surface area contributed by atoms with Crippen LogP contribution in [-0.4, -0.2) is 27.5 Å². The Bertz CT molecular complexity index is 716. The monoisotopic (exact) mass is 330 g/mol. The fourth-order valence-electron chi connectivity index (χ4n) is 2.80. The van der Waals surface area contributed by atoms with E-state index in [1.165, 1.54) is 18.2 Å². The van der Waals surface area contributed by atoms with Gasteiger partial charge in [0.2, 0.25) is 0 Å². The molecular weight excluding hydrogens is 311 g/mol. The molecule has 6 heteroatoms. The molecule has 2 aromatic rings. The van der Waals surface area contributed by atoms with E-state index >= 15 is 0 Å². The van der Waals surface area contributed by atoms with E-state index in [0.29, 0.717) is 24.7 Å². The van der Waals surface area contributed by atoms with Crippen molar-refractivity contribution in [2.24, 2.45) is 0 Å². The lowest BCUT2D eigenvalue weighted by Crippen LogP contribution is -2.30. The van der Waals surface area contributed by atoms with Crippen molar-refractivity contribution in [1.82, 2.24) is 4.90 Å². The van der Waals surface area contributed by atoms with E-state index in [1.807, 2.05) is 6.07 Å². The number of non-ortho nitro benzene ring substituents is 1. The lowest BCUT2D eigenvalue weighted by atomic mass is 10.1. The van der Waals surface area contributed by atoms with Gasteiger partial charge in [-0.05, 0) is 36.1 Å². The smallest absolute Gasteiger partial charge is 0.269 e. The van der Waals surface area contributed by atoms with E-state index in [2.05, 4.69) is 4.90 Å². The highest BCUT2D eigenvalue weighted by molar-refractivity contribution is 5.34. The third-order valence-corrected chi connectivity index (χ3v) is 4.23. The summed E-state index contributed by atoms with van der Waals surface area (Å²) in [6.07, 6.45) is 1.40. The number of rotatable bonds is 7. The van der Waals surface area contributed by atoms with Crippen molar-refractivity contribution in [3.8, 4) is 0 Å². The SMILES string of the molecule is O=[N+]([O-])c1cccc(CN(CC(O)c2ccc(F)cc2)C2CC2)c1. The molecule has 2 aromatic carbocycles.